The third-order valence-electron chi connectivity index (χ3n) is 2.60. The molecular weight excluding hydrogens is 270 g/mol. The van der Waals surface area contributed by atoms with Crippen molar-refractivity contribution >= 4 is 24.1 Å². The predicted octanol–water partition coefficient (Wildman–Crippen LogP) is 1.83. The van der Waals surface area contributed by atoms with Crippen LogP contribution in [-0.4, -0.2) is 54.6 Å². The van der Waals surface area contributed by atoms with Crippen molar-refractivity contribution in [2.75, 3.05) is 19.9 Å². The van der Waals surface area contributed by atoms with Crippen molar-refractivity contribution in [3.8, 4) is 0 Å². The monoisotopic (exact) mass is 291 g/mol. The highest BCUT2D eigenvalue weighted by molar-refractivity contribution is 7.93. The summed E-state index contributed by atoms with van der Waals surface area (Å²) in [5, 5.41) is 0. The van der Waals surface area contributed by atoms with E-state index in [4.69, 9.17) is 13.7 Å². The minimum Gasteiger partial charge on any atom is -0.467 e. The molecule has 0 aromatic rings. The molecule has 1 aliphatic rings. The molecule has 0 radical (unpaired) electrons. The fraction of sp³-hybridized carbons (Fsp3) is 0.833. The molecule has 0 spiro atoms. The fourth-order valence-electron chi connectivity index (χ4n) is 1.89. The lowest BCUT2D eigenvalue weighted by molar-refractivity contribution is -0.145. The first-order valence-electron chi connectivity index (χ1n) is 6.05. The van der Waals surface area contributed by atoms with Gasteiger partial charge in [-0.3, -0.25) is 4.90 Å². The number of hydrogen-bond acceptors (Lipinski definition) is 6. The number of esters is 1. The van der Waals surface area contributed by atoms with Crippen molar-refractivity contribution in [3.63, 3.8) is 0 Å². The Balaban J connectivity index is 2.76. The minimum atomic E-state index is -0.642. The van der Waals surface area contributed by atoms with Crippen LogP contribution < -0.4 is 0 Å². The molecule has 7 heteroatoms. The first-order chi connectivity index (χ1) is 8.78. The molecule has 19 heavy (non-hydrogen) atoms. The Kier molecular flexibility index (Phi) is 5.49. The van der Waals surface area contributed by atoms with Crippen LogP contribution in [0.4, 0.5) is 4.79 Å². The van der Waals surface area contributed by atoms with Gasteiger partial charge in [-0.2, -0.15) is 0 Å². The molecule has 1 amide bonds. The number of carbonyl (C=O) groups excluding carboxylic acids is 2. The van der Waals surface area contributed by atoms with Crippen LogP contribution in [0, 0.1) is 0 Å². The highest BCUT2D eigenvalue weighted by Gasteiger charge is 2.42. The van der Waals surface area contributed by atoms with Gasteiger partial charge in [-0.1, -0.05) is 0 Å². The van der Waals surface area contributed by atoms with E-state index in [1.807, 2.05) is 0 Å². The van der Waals surface area contributed by atoms with E-state index < -0.39 is 23.7 Å². The Morgan fingerprint density at radius 1 is 1.32 bits per heavy atom. The number of nitrogens with zero attached hydrogens (tertiary/aromatic N) is 1. The molecule has 0 N–H and O–H groups in total. The van der Waals surface area contributed by atoms with Crippen molar-refractivity contribution < 1.29 is 23.2 Å². The summed E-state index contributed by atoms with van der Waals surface area (Å²) >= 11 is 1.22. The van der Waals surface area contributed by atoms with Gasteiger partial charge in [0.05, 0.1) is 19.8 Å². The number of ether oxygens (including phenoxy) is 2. The molecule has 1 fully saturated rings. The number of methoxy groups -OCH3 is 1. The van der Waals surface area contributed by atoms with Crippen LogP contribution in [0.3, 0.4) is 0 Å². The van der Waals surface area contributed by atoms with Gasteiger partial charge in [0.2, 0.25) is 0 Å². The SMILES string of the molecule is COC(=O)[C@@H]1CC(OSC)CN1C(=O)OC(C)(C)C. The van der Waals surface area contributed by atoms with E-state index in [9.17, 15) is 9.59 Å². The van der Waals surface area contributed by atoms with E-state index in [1.54, 1.807) is 27.0 Å². The molecule has 110 valence electrons. The fourth-order valence-corrected chi connectivity index (χ4v) is 2.30. The summed E-state index contributed by atoms with van der Waals surface area (Å²) in [5.74, 6) is -0.446. The predicted molar refractivity (Wildman–Crippen MR) is 71.7 cm³/mol. The highest BCUT2D eigenvalue weighted by atomic mass is 32.2. The summed E-state index contributed by atoms with van der Waals surface area (Å²) in [6, 6.07) is -0.642. The van der Waals surface area contributed by atoms with Gasteiger partial charge >= 0.3 is 12.1 Å². The standard InChI is InChI=1S/C12H21NO5S/c1-12(2,3)17-11(15)13-7-8(18-19-5)6-9(13)10(14)16-4/h8-9H,6-7H2,1-5H3/t8?,9-/m0/s1. The summed E-state index contributed by atoms with van der Waals surface area (Å²) in [4.78, 5) is 25.2. The van der Waals surface area contributed by atoms with E-state index in [2.05, 4.69) is 0 Å². The molecule has 0 aliphatic carbocycles. The van der Waals surface area contributed by atoms with Crippen molar-refractivity contribution in [1.82, 2.24) is 4.90 Å². The van der Waals surface area contributed by atoms with E-state index in [-0.39, 0.29) is 6.10 Å². The normalized spacial score (nSPS) is 23.3. The van der Waals surface area contributed by atoms with Crippen molar-refractivity contribution in [1.29, 1.82) is 0 Å². The van der Waals surface area contributed by atoms with Crippen LogP contribution in [0.25, 0.3) is 0 Å². The lowest BCUT2D eigenvalue weighted by Crippen LogP contribution is -2.43. The molecule has 0 aromatic heterocycles. The van der Waals surface area contributed by atoms with Gasteiger partial charge < -0.3 is 13.7 Å². The molecule has 1 saturated heterocycles. The van der Waals surface area contributed by atoms with Crippen molar-refractivity contribution in [3.05, 3.63) is 0 Å². The van der Waals surface area contributed by atoms with Gasteiger partial charge in [0, 0.05) is 12.7 Å². The highest BCUT2D eigenvalue weighted by Crippen LogP contribution is 2.25. The zero-order valence-corrected chi connectivity index (χ0v) is 12.8. The summed E-state index contributed by atoms with van der Waals surface area (Å²) in [6.07, 6.45) is 1.51. The average molecular weight is 291 g/mol. The summed E-state index contributed by atoms with van der Waals surface area (Å²) in [6.45, 7) is 5.67. The number of hydrogen-bond donors (Lipinski definition) is 0. The van der Waals surface area contributed by atoms with Gasteiger partial charge in [-0.25, -0.2) is 9.59 Å². The summed E-state index contributed by atoms with van der Waals surface area (Å²) in [7, 11) is 1.30. The largest absolute Gasteiger partial charge is 0.467 e. The average Bonchev–Trinajstić information content (AvgIpc) is 2.70. The van der Waals surface area contributed by atoms with Crippen LogP contribution >= 0.6 is 12.0 Å². The molecule has 1 rings (SSSR count). The molecule has 1 aliphatic heterocycles. The van der Waals surface area contributed by atoms with Crippen LogP contribution in [0.5, 0.6) is 0 Å². The van der Waals surface area contributed by atoms with E-state index in [0.29, 0.717) is 13.0 Å². The number of likely N-dealkylation sites (tertiary alicyclic amines) is 1. The summed E-state index contributed by atoms with van der Waals surface area (Å²) in [5.41, 5.74) is -0.601. The zero-order chi connectivity index (χ0) is 14.6. The maximum Gasteiger partial charge on any atom is 0.411 e. The smallest absolute Gasteiger partial charge is 0.411 e. The van der Waals surface area contributed by atoms with E-state index in [1.165, 1.54) is 24.1 Å². The Morgan fingerprint density at radius 3 is 2.42 bits per heavy atom. The van der Waals surface area contributed by atoms with Crippen molar-refractivity contribution in [2.24, 2.45) is 0 Å². The molecule has 6 nitrogen and oxygen atoms in total. The minimum absolute atomic E-state index is 0.188. The van der Waals surface area contributed by atoms with Crippen LogP contribution in [-0.2, 0) is 18.5 Å². The topological polar surface area (TPSA) is 65.1 Å². The second-order valence-electron chi connectivity index (χ2n) is 5.29. The molecule has 2 atom stereocenters. The first kappa shape index (κ1) is 16.1. The summed E-state index contributed by atoms with van der Waals surface area (Å²) < 4.78 is 15.4. The maximum atomic E-state index is 12.1. The van der Waals surface area contributed by atoms with Crippen LogP contribution in [0.15, 0.2) is 0 Å². The number of carbonyl (C=O) groups is 2. The van der Waals surface area contributed by atoms with Crippen LogP contribution in [0.2, 0.25) is 0 Å². The molecule has 0 saturated carbocycles. The molecule has 1 heterocycles. The quantitative estimate of drug-likeness (QED) is 0.584. The first-order valence-corrected chi connectivity index (χ1v) is 7.20. The maximum absolute atomic E-state index is 12.1. The third-order valence-corrected chi connectivity index (χ3v) is 3.06. The Bertz CT molecular complexity index is 342. The lowest BCUT2D eigenvalue weighted by atomic mass is 10.2. The third kappa shape index (κ3) is 4.58. The number of amides is 1. The van der Waals surface area contributed by atoms with Gasteiger partial charge in [-0.15, -0.1) is 0 Å². The van der Waals surface area contributed by atoms with Crippen molar-refractivity contribution in [2.45, 2.75) is 44.9 Å². The molecule has 0 bridgehead atoms. The zero-order valence-electron chi connectivity index (χ0n) is 12.0. The second-order valence-corrected chi connectivity index (χ2v) is 5.82. The van der Waals surface area contributed by atoms with E-state index >= 15 is 0 Å². The van der Waals surface area contributed by atoms with Crippen LogP contribution in [0.1, 0.15) is 27.2 Å². The Hall–Kier alpha value is -0.950. The van der Waals surface area contributed by atoms with Gasteiger partial charge in [-0.05, 0) is 32.8 Å². The lowest BCUT2D eigenvalue weighted by Gasteiger charge is -2.27. The van der Waals surface area contributed by atoms with Gasteiger partial charge in [0.15, 0.2) is 0 Å². The second kappa shape index (κ2) is 6.47. The Morgan fingerprint density at radius 2 is 1.95 bits per heavy atom. The van der Waals surface area contributed by atoms with E-state index in [0.717, 1.165) is 0 Å². The van der Waals surface area contributed by atoms with Gasteiger partial charge in [0.25, 0.3) is 0 Å². The molecule has 0 aromatic carbocycles. The molecular formula is C12H21NO5S. The van der Waals surface area contributed by atoms with Gasteiger partial charge in [0.1, 0.15) is 11.6 Å². The number of rotatable bonds is 3. The molecule has 1 unspecified atom stereocenters. The Labute approximate surface area is 118 Å².